The molecule has 0 spiro atoms. The van der Waals surface area contributed by atoms with E-state index in [9.17, 15) is 0 Å². The Kier molecular flexibility index (Phi) is 5.85. The molecule has 2 N–H and O–H groups in total. The van der Waals surface area contributed by atoms with Gasteiger partial charge in [-0.05, 0) is 13.8 Å². The van der Waals surface area contributed by atoms with Gasteiger partial charge >= 0.3 is 0 Å². The molecule has 0 heterocycles. The molecular weight excluding hydrogens is 92.1 g/mol. The monoisotopic (exact) mass is 106 g/mol. The highest BCUT2D eigenvalue weighted by Crippen LogP contribution is 1.85. The van der Waals surface area contributed by atoms with Crippen molar-refractivity contribution in [3.8, 4) is 0 Å². The summed E-state index contributed by atoms with van der Waals surface area (Å²) in [5.41, 5.74) is 0. The Morgan fingerprint density at radius 3 is 1.14 bits per heavy atom. The molecule has 0 fully saturated rings. The summed E-state index contributed by atoms with van der Waals surface area (Å²) in [6.07, 6.45) is -1.19. The standard InChI is InChI=1S/C4H10O2.CH4/c1-3(5)4(2)6;/h3-6H,1-2H3;1H4. The first-order chi connectivity index (χ1) is 2.64. The quantitative estimate of drug-likeness (QED) is 0.507. The molecule has 2 unspecified atom stereocenters. The predicted octanol–water partition coefficient (Wildman–Crippen LogP) is 0.384. The number of aliphatic hydroxyl groups is 2. The molecule has 0 radical (unpaired) electrons. The van der Waals surface area contributed by atoms with Gasteiger partial charge in [-0.15, -0.1) is 0 Å². The lowest BCUT2D eigenvalue weighted by Crippen LogP contribution is -2.17. The van der Waals surface area contributed by atoms with Crippen molar-refractivity contribution in [1.82, 2.24) is 0 Å². The fourth-order valence-electron chi connectivity index (χ4n) is 0. The van der Waals surface area contributed by atoms with Gasteiger partial charge in [-0.25, -0.2) is 0 Å². The third-order valence-corrected chi connectivity index (χ3v) is 0.698. The zero-order valence-electron chi connectivity index (χ0n) is 4.05. The molecule has 0 rings (SSSR count). The van der Waals surface area contributed by atoms with Crippen LogP contribution < -0.4 is 0 Å². The number of hydrogen-bond donors (Lipinski definition) is 2. The van der Waals surface area contributed by atoms with Gasteiger partial charge in [-0.2, -0.15) is 0 Å². The first kappa shape index (κ1) is 10.0. The van der Waals surface area contributed by atoms with Crippen LogP contribution in [0.25, 0.3) is 0 Å². The fraction of sp³-hybridized carbons (Fsp3) is 1.00. The van der Waals surface area contributed by atoms with Crippen molar-refractivity contribution in [2.24, 2.45) is 0 Å². The van der Waals surface area contributed by atoms with Crippen molar-refractivity contribution in [3.05, 3.63) is 0 Å². The Labute approximate surface area is 44.8 Å². The second kappa shape index (κ2) is 4.09. The minimum absolute atomic E-state index is 0. The highest BCUT2D eigenvalue weighted by Gasteiger charge is 1.99. The summed E-state index contributed by atoms with van der Waals surface area (Å²) in [6, 6.07) is 0. The van der Waals surface area contributed by atoms with Crippen LogP contribution >= 0.6 is 0 Å². The molecule has 0 aromatic carbocycles. The zero-order chi connectivity index (χ0) is 5.15. The van der Waals surface area contributed by atoms with E-state index in [0.717, 1.165) is 0 Å². The summed E-state index contributed by atoms with van der Waals surface area (Å²) in [5, 5.41) is 16.8. The molecule has 2 atom stereocenters. The molecule has 0 saturated carbocycles. The molecule has 0 aliphatic rings. The molecule has 0 aromatic heterocycles. The molecule has 7 heavy (non-hydrogen) atoms. The molecule has 0 saturated heterocycles. The van der Waals surface area contributed by atoms with Crippen LogP contribution in [-0.4, -0.2) is 22.4 Å². The first-order valence-electron chi connectivity index (χ1n) is 2.00. The van der Waals surface area contributed by atoms with Gasteiger partial charge in [-0.1, -0.05) is 7.43 Å². The van der Waals surface area contributed by atoms with E-state index in [1.54, 1.807) is 13.8 Å². The van der Waals surface area contributed by atoms with Crippen LogP contribution in [0.2, 0.25) is 0 Å². The van der Waals surface area contributed by atoms with E-state index in [-0.39, 0.29) is 7.43 Å². The molecular formula is C5H14O2. The van der Waals surface area contributed by atoms with Crippen LogP contribution in [0.1, 0.15) is 21.3 Å². The van der Waals surface area contributed by atoms with Gasteiger partial charge in [-0.3, -0.25) is 0 Å². The maximum atomic E-state index is 8.38. The van der Waals surface area contributed by atoms with Gasteiger partial charge in [0.1, 0.15) is 0 Å². The average molecular weight is 106 g/mol. The minimum Gasteiger partial charge on any atom is -0.391 e. The van der Waals surface area contributed by atoms with Gasteiger partial charge in [0.2, 0.25) is 0 Å². The maximum Gasteiger partial charge on any atom is 0.0768 e. The van der Waals surface area contributed by atoms with E-state index < -0.39 is 12.2 Å². The Hall–Kier alpha value is -0.0800. The van der Waals surface area contributed by atoms with Crippen molar-refractivity contribution in [1.29, 1.82) is 0 Å². The average Bonchev–Trinajstić information content (AvgIpc) is 1.36. The van der Waals surface area contributed by atoms with Crippen LogP contribution in [0.3, 0.4) is 0 Å². The minimum atomic E-state index is -0.593. The third-order valence-electron chi connectivity index (χ3n) is 0.698. The summed E-state index contributed by atoms with van der Waals surface area (Å²) < 4.78 is 0. The van der Waals surface area contributed by atoms with Crippen LogP contribution in [-0.2, 0) is 0 Å². The lowest BCUT2D eigenvalue weighted by Gasteiger charge is -2.03. The van der Waals surface area contributed by atoms with E-state index in [1.165, 1.54) is 0 Å². The van der Waals surface area contributed by atoms with Crippen molar-refractivity contribution < 1.29 is 10.2 Å². The molecule has 0 bridgehead atoms. The van der Waals surface area contributed by atoms with Gasteiger partial charge < -0.3 is 10.2 Å². The lowest BCUT2D eigenvalue weighted by atomic mass is 10.3. The van der Waals surface area contributed by atoms with Gasteiger partial charge in [0, 0.05) is 0 Å². The molecule has 0 amide bonds. The number of rotatable bonds is 1. The summed E-state index contributed by atoms with van der Waals surface area (Å²) in [4.78, 5) is 0. The second-order valence-electron chi connectivity index (χ2n) is 1.48. The Balaban J connectivity index is 0. The highest BCUT2D eigenvalue weighted by atomic mass is 16.3. The molecule has 0 aliphatic carbocycles. The predicted molar refractivity (Wildman–Crippen MR) is 30.1 cm³/mol. The van der Waals surface area contributed by atoms with Crippen LogP contribution in [0.5, 0.6) is 0 Å². The lowest BCUT2D eigenvalue weighted by molar-refractivity contribution is 0.0438. The summed E-state index contributed by atoms with van der Waals surface area (Å²) >= 11 is 0. The van der Waals surface area contributed by atoms with Gasteiger partial charge in [0.25, 0.3) is 0 Å². The number of aliphatic hydroxyl groups excluding tert-OH is 2. The van der Waals surface area contributed by atoms with Crippen LogP contribution in [0, 0.1) is 0 Å². The Bertz CT molecular complexity index is 27.1. The van der Waals surface area contributed by atoms with Crippen LogP contribution in [0.15, 0.2) is 0 Å². The van der Waals surface area contributed by atoms with E-state index in [2.05, 4.69) is 0 Å². The van der Waals surface area contributed by atoms with Gasteiger partial charge in [0.05, 0.1) is 12.2 Å². The maximum absolute atomic E-state index is 8.38. The first-order valence-corrected chi connectivity index (χ1v) is 2.00. The van der Waals surface area contributed by atoms with Crippen molar-refractivity contribution in [3.63, 3.8) is 0 Å². The summed E-state index contributed by atoms with van der Waals surface area (Å²) in [7, 11) is 0. The number of hydrogen-bond acceptors (Lipinski definition) is 2. The fourth-order valence-corrected chi connectivity index (χ4v) is 0. The second-order valence-corrected chi connectivity index (χ2v) is 1.48. The summed E-state index contributed by atoms with van der Waals surface area (Å²) in [5.74, 6) is 0. The Morgan fingerprint density at radius 1 is 1.00 bits per heavy atom. The largest absolute Gasteiger partial charge is 0.391 e. The topological polar surface area (TPSA) is 40.5 Å². The molecule has 46 valence electrons. The third kappa shape index (κ3) is 5.92. The molecule has 2 heteroatoms. The van der Waals surface area contributed by atoms with Gasteiger partial charge in [0.15, 0.2) is 0 Å². The van der Waals surface area contributed by atoms with Crippen molar-refractivity contribution in [2.45, 2.75) is 33.5 Å². The van der Waals surface area contributed by atoms with E-state index >= 15 is 0 Å². The highest BCUT2D eigenvalue weighted by molar-refractivity contribution is 4.50. The van der Waals surface area contributed by atoms with E-state index in [1.807, 2.05) is 0 Å². The van der Waals surface area contributed by atoms with Crippen molar-refractivity contribution in [2.75, 3.05) is 0 Å². The SMILES string of the molecule is C.CC(O)C(C)O. The molecule has 0 aliphatic heterocycles. The smallest absolute Gasteiger partial charge is 0.0768 e. The zero-order valence-corrected chi connectivity index (χ0v) is 4.05. The Morgan fingerprint density at radius 2 is 1.14 bits per heavy atom. The van der Waals surface area contributed by atoms with Crippen molar-refractivity contribution >= 4 is 0 Å². The van der Waals surface area contributed by atoms with E-state index in [0.29, 0.717) is 0 Å². The van der Waals surface area contributed by atoms with Crippen LogP contribution in [0.4, 0.5) is 0 Å². The van der Waals surface area contributed by atoms with E-state index in [4.69, 9.17) is 10.2 Å². The molecule has 2 nitrogen and oxygen atoms in total. The summed E-state index contributed by atoms with van der Waals surface area (Å²) in [6.45, 7) is 3.09. The normalized spacial score (nSPS) is 17.1. The molecule has 0 aromatic rings.